The van der Waals surface area contributed by atoms with Crippen molar-refractivity contribution < 1.29 is 28.7 Å². The molecule has 0 heterocycles. The molecule has 0 aliphatic heterocycles. The van der Waals surface area contributed by atoms with E-state index in [1.54, 1.807) is 0 Å². The van der Waals surface area contributed by atoms with Gasteiger partial charge < -0.3 is 30.7 Å². The lowest BCUT2D eigenvalue weighted by molar-refractivity contribution is -0.162. The molecule has 0 fully saturated rings. The Morgan fingerprint density at radius 2 is 1.04 bits per heavy atom. The summed E-state index contributed by atoms with van der Waals surface area (Å²) in [6.07, 6.45) is 0.324. The lowest BCUT2D eigenvalue weighted by atomic mass is 10.2. The van der Waals surface area contributed by atoms with Crippen LogP contribution in [0, 0.1) is 10.8 Å². The van der Waals surface area contributed by atoms with Crippen molar-refractivity contribution in [3.8, 4) is 0 Å². The summed E-state index contributed by atoms with van der Waals surface area (Å²) in [5.41, 5.74) is 10.3. The van der Waals surface area contributed by atoms with Crippen LogP contribution in [0.2, 0.25) is 0 Å². The molecule has 26 heavy (non-hydrogen) atoms. The zero-order valence-electron chi connectivity index (χ0n) is 14.7. The third kappa shape index (κ3) is 10.6. The first-order valence-corrected chi connectivity index (χ1v) is 7.60. The summed E-state index contributed by atoms with van der Waals surface area (Å²) in [5.74, 6) is -3.88. The molecule has 0 saturated heterocycles. The molecule has 0 atom stereocenters. The van der Waals surface area contributed by atoms with Crippen LogP contribution in [0.1, 0.15) is 25.7 Å². The van der Waals surface area contributed by atoms with Crippen molar-refractivity contribution in [2.45, 2.75) is 25.7 Å². The standard InChI is InChI=1S/C14H24N6O6/c1-19(13(15)16)7-11(23)25-9(21)5-3-4-6-10(22)26-12(24)8-20(2)14(17)18/h3-8H2,1-2H3,(H3,15,16)(H3,17,18). The van der Waals surface area contributed by atoms with Gasteiger partial charge in [0.25, 0.3) is 0 Å². The molecule has 0 bridgehead atoms. The predicted molar refractivity (Wildman–Crippen MR) is 89.8 cm³/mol. The topological polar surface area (TPSA) is 193 Å². The van der Waals surface area contributed by atoms with E-state index in [1.165, 1.54) is 14.1 Å². The fourth-order valence-corrected chi connectivity index (χ4v) is 1.52. The van der Waals surface area contributed by atoms with Crippen LogP contribution in [-0.2, 0) is 28.7 Å². The number of guanidine groups is 2. The number of hydrogen-bond donors (Lipinski definition) is 4. The Morgan fingerprint density at radius 3 is 1.31 bits per heavy atom. The number of nitrogens with zero attached hydrogens (tertiary/aromatic N) is 2. The number of carbonyl (C=O) groups excluding carboxylic acids is 4. The fourth-order valence-electron chi connectivity index (χ4n) is 1.52. The van der Waals surface area contributed by atoms with Crippen LogP contribution in [0.25, 0.3) is 0 Å². The number of carbonyl (C=O) groups is 4. The number of esters is 4. The van der Waals surface area contributed by atoms with Gasteiger partial charge in [-0.2, -0.15) is 0 Å². The van der Waals surface area contributed by atoms with Gasteiger partial charge in [0.2, 0.25) is 0 Å². The van der Waals surface area contributed by atoms with Gasteiger partial charge in [-0.15, -0.1) is 0 Å². The van der Waals surface area contributed by atoms with E-state index in [0.29, 0.717) is 0 Å². The van der Waals surface area contributed by atoms with Crippen molar-refractivity contribution in [1.29, 1.82) is 10.8 Å². The van der Waals surface area contributed by atoms with E-state index in [0.717, 1.165) is 9.80 Å². The summed E-state index contributed by atoms with van der Waals surface area (Å²) >= 11 is 0. The van der Waals surface area contributed by atoms with Crippen LogP contribution in [0.3, 0.4) is 0 Å². The van der Waals surface area contributed by atoms with E-state index in [1.807, 2.05) is 0 Å². The Labute approximate surface area is 150 Å². The number of ether oxygens (including phenoxy) is 2. The smallest absolute Gasteiger partial charge is 0.333 e. The maximum Gasteiger partial charge on any atom is 0.333 e. The Bertz CT molecular complexity index is 528. The maximum atomic E-state index is 11.5. The molecule has 0 aromatic rings. The molecule has 12 nitrogen and oxygen atoms in total. The number of hydrogen-bond acceptors (Lipinski definition) is 8. The van der Waals surface area contributed by atoms with E-state index < -0.39 is 23.9 Å². The quantitative estimate of drug-likeness (QED) is 0.120. The Morgan fingerprint density at radius 1 is 0.731 bits per heavy atom. The molecule has 0 aliphatic carbocycles. The third-order valence-corrected chi connectivity index (χ3v) is 3.02. The van der Waals surface area contributed by atoms with Gasteiger partial charge in [-0.1, -0.05) is 0 Å². The molecule has 146 valence electrons. The summed E-state index contributed by atoms with van der Waals surface area (Å²) in [5, 5.41) is 14.2. The van der Waals surface area contributed by atoms with E-state index in [9.17, 15) is 19.2 Å². The van der Waals surface area contributed by atoms with Crippen molar-refractivity contribution in [2.24, 2.45) is 11.5 Å². The monoisotopic (exact) mass is 372 g/mol. The normalized spacial score (nSPS) is 9.77. The van der Waals surface area contributed by atoms with Crippen LogP contribution < -0.4 is 11.5 Å². The zero-order chi connectivity index (χ0) is 20.3. The van der Waals surface area contributed by atoms with Gasteiger partial charge in [-0.25, -0.2) is 9.59 Å². The molecule has 0 rings (SSSR count). The minimum absolute atomic E-state index is 0.0934. The average molecular weight is 372 g/mol. The first kappa shape index (κ1) is 22.8. The van der Waals surface area contributed by atoms with Gasteiger partial charge in [-0.05, 0) is 12.8 Å². The summed E-state index contributed by atoms with van der Waals surface area (Å²) in [6.45, 7) is -0.658. The number of nitrogens with one attached hydrogen (secondary N) is 2. The maximum absolute atomic E-state index is 11.5. The van der Waals surface area contributed by atoms with Crippen molar-refractivity contribution in [3.63, 3.8) is 0 Å². The molecule has 6 N–H and O–H groups in total. The fraction of sp³-hybridized carbons (Fsp3) is 0.571. The number of likely N-dealkylation sites (N-methyl/N-ethyl adjacent to an activating group) is 2. The largest absolute Gasteiger partial charge is 0.392 e. The van der Waals surface area contributed by atoms with Crippen molar-refractivity contribution in [3.05, 3.63) is 0 Å². The molecule has 0 aromatic heterocycles. The van der Waals surface area contributed by atoms with Gasteiger partial charge in [-0.3, -0.25) is 20.4 Å². The number of nitrogens with two attached hydrogens (primary N) is 2. The first-order chi connectivity index (χ1) is 12.0. The van der Waals surface area contributed by atoms with Gasteiger partial charge in [0.15, 0.2) is 11.9 Å². The molecule has 0 aromatic carbocycles. The lowest BCUT2D eigenvalue weighted by Crippen LogP contribution is -2.38. The summed E-state index contributed by atoms with van der Waals surface area (Å²) in [7, 11) is 2.80. The Kier molecular flexibility index (Phi) is 9.99. The van der Waals surface area contributed by atoms with Gasteiger partial charge in [0, 0.05) is 26.9 Å². The summed E-state index contributed by atoms with van der Waals surface area (Å²) < 4.78 is 9.06. The van der Waals surface area contributed by atoms with Crippen molar-refractivity contribution in [1.82, 2.24) is 9.80 Å². The van der Waals surface area contributed by atoms with E-state index in [2.05, 4.69) is 9.47 Å². The van der Waals surface area contributed by atoms with Crippen LogP contribution in [0.15, 0.2) is 0 Å². The molecule has 12 heteroatoms. The second kappa shape index (κ2) is 11.4. The molecule has 0 saturated carbocycles. The Hall–Kier alpha value is -3.18. The minimum atomic E-state index is -0.840. The van der Waals surface area contributed by atoms with Crippen LogP contribution in [-0.4, -0.2) is 72.8 Å². The molecule has 0 radical (unpaired) electrons. The molecular weight excluding hydrogens is 348 g/mol. The van der Waals surface area contributed by atoms with Gasteiger partial charge in [0.05, 0.1) is 0 Å². The highest BCUT2D eigenvalue weighted by Gasteiger charge is 2.15. The number of rotatable bonds is 9. The average Bonchev–Trinajstić information content (AvgIpc) is 2.50. The SMILES string of the molecule is CN(CC(=O)OC(=O)CCCCC(=O)OC(=O)CN(C)C(=N)N)C(=N)N. The minimum Gasteiger partial charge on any atom is -0.392 e. The highest BCUT2D eigenvalue weighted by molar-refractivity contribution is 5.89. The van der Waals surface area contributed by atoms with Gasteiger partial charge in [0.1, 0.15) is 13.1 Å². The Balaban J connectivity index is 3.93. The molecule has 0 amide bonds. The number of unbranched alkanes of at least 4 members (excludes halogenated alkanes) is 1. The van der Waals surface area contributed by atoms with Crippen molar-refractivity contribution >= 4 is 35.8 Å². The molecule has 0 unspecified atom stereocenters. The van der Waals surface area contributed by atoms with Crippen LogP contribution >= 0.6 is 0 Å². The van der Waals surface area contributed by atoms with E-state index in [4.69, 9.17) is 22.3 Å². The molecule has 0 spiro atoms. The van der Waals surface area contributed by atoms with E-state index >= 15 is 0 Å². The summed E-state index contributed by atoms with van der Waals surface area (Å²) in [6, 6.07) is 0. The van der Waals surface area contributed by atoms with Crippen molar-refractivity contribution in [2.75, 3.05) is 27.2 Å². The zero-order valence-corrected chi connectivity index (χ0v) is 14.7. The second-order valence-electron chi connectivity index (χ2n) is 5.38. The van der Waals surface area contributed by atoms with Crippen LogP contribution in [0.5, 0.6) is 0 Å². The highest BCUT2D eigenvalue weighted by Crippen LogP contribution is 2.04. The predicted octanol–water partition coefficient (Wildman–Crippen LogP) is -1.66. The van der Waals surface area contributed by atoms with Crippen LogP contribution in [0.4, 0.5) is 0 Å². The summed E-state index contributed by atoms with van der Waals surface area (Å²) in [4.78, 5) is 47.9. The third-order valence-electron chi connectivity index (χ3n) is 3.02. The molecule has 0 aliphatic rings. The second-order valence-corrected chi connectivity index (χ2v) is 5.38. The highest BCUT2D eigenvalue weighted by atomic mass is 16.6. The van der Waals surface area contributed by atoms with Gasteiger partial charge >= 0.3 is 23.9 Å². The molecular formula is C14H24N6O6. The lowest BCUT2D eigenvalue weighted by Gasteiger charge is -2.14. The first-order valence-electron chi connectivity index (χ1n) is 7.60. The van der Waals surface area contributed by atoms with E-state index in [-0.39, 0.29) is 50.7 Å².